The first-order valence-electron chi connectivity index (χ1n) is 13.4. The van der Waals surface area contributed by atoms with Crippen molar-refractivity contribution >= 4 is 28.6 Å². The van der Waals surface area contributed by atoms with Crippen molar-refractivity contribution in [3.63, 3.8) is 0 Å². The number of ether oxygens (including phenoxy) is 1. The second-order valence-electron chi connectivity index (χ2n) is 11.2. The third-order valence-corrected chi connectivity index (χ3v) is 8.26. The molecule has 1 unspecified atom stereocenters. The summed E-state index contributed by atoms with van der Waals surface area (Å²) in [5.41, 5.74) is 5.18. The van der Waals surface area contributed by atoms with Crippen LogP contribution in [-0.4, -0.2) is 47.1 Å². The fourth-order valence-corrected chi connectivity index (χ4v) is 5.70. The van der Waals surface area contributed by atoms with Crippen LogP contribution in [-0.2, 0) is 9.53 Å². The average Bonchev–Trinajstić information content (AvgIpc) is 3.36. The van der Waals surface area contributed by atoms with Gasteiger partial charge < -0.3 is 19.3 Å². The van der Waals surface area contributed by atoms with E-state index in [4.69, 9.17) is 9.32 Å². The number of benzene rings is 1. The normalized spacial score (nSPS) is 19.1. The summed E-state index contributed by atoms with van der Waals surface area (Å²) in [5.74, 6) is 2.81. The molecule has 0 radical (unpaired) electrons. The second kappa shape index (κ2) is 10.6. The molecule has 1 spiro atoms. The summed E-state index contributed by atoms with van der Waals surface area (Å²) >= 11 is 0. The number of aromatic nitrogens is 3. The molecule has 6 rings (SSSR count). The summed E-state index contributed by atoms with van der Waals surface area (Å²) in [5, 5.41) is 24.4. The summed E-state index contributed by atoms with van der Waals surface area (Å²) < 4.78 is 9.52. The van der Waals surface area contributed by atoms with Crippen LogP contribution >= 0.6 is 0 Å². The number of carbonyl (C=O) groups excluding carboxylic acids is 1. The van der Waals surface area contributed by atoms with Crippen LogP contribution in [0.25, 0.3) is 16.5 Å². The van der Waals surface area contributed by atoms with E-state index in [0.717, 1.165) is 59.6 Å². The fourth-order valence-electron chi connectivity index (χ4n) is 5.70. The van der Waals surface area contributed by atoms with Gasteiger partial charge in [0.05, 0.1) is 24.0 Å². The van der Waals surface area contributed by atoms with Crippen LogP contribution in [0, 0.1) is 11.3 Å². The van der Waals surface area contributed by atoms with Gasteiger partial charge in [-0.15, -0.1) is 10.2 Å². The predicted molar refractivity (Wildman–Crippen MR) is 147 cm³/mol. The zero-order valence-corrected chi connectivity index (χ0v) is 22.6. The van der Waals surface area contributed by atoms with Crippen LogP contribution in [0.2, 0.25) is 0 Å². The molecule has 8 heteroatoms. The highest BCUT2D eigenvalue weighted by Gasteiger charge is 2.53. The van der Waals surface area contributed by atoms with E-state index in [0.29, 0.717) is 35.4 Å². The number of carbonyl (C=O) groups is 1. The van der Waals surface area contributed by atoms with E-state index in [9.17, 15) is 5.11 Å². The van der Waals surface area contributed by atoms with E-state index in [1.165, 1.54) is 25.6 Å². The van der Waals surface area contributed by atoms with Gasteiger partial charge in [-0.1, -0.05) is 32.0 Å². The number of hydrogen-bond donors (Lipinski definition) is 1. The Hall–Kier alpha value is -3.68. The number of aliphatic hydroxyl groups excluding tert-OH is 1. The Morgan fingerprint density at radius 3 is 2.53 bits per heavy atom. The average molecular weight is 517 g/mol. The molecule has 3 aromatic rings. The molecule has 2 aromatic heterocycles. The summed E-state index contributed by atoms with van der Waals surface area (Å²) in [6.45, 7) is 9.21. The predicted octanol–water partition coefficient (Wildman–Crippen LogP) is 6.17. The topological polar surface area (TPSA) is 102 Å². The van der Waals surface area contributed by atoms with Gasteiger partial charge in [-0.3, -0.25) is 4.79 Å². The van der Waals surface area contributed by atoms with E-state index in [1.807, 2.05) is 24.3 Å². The Morgan fingerprint density at radius 2 is 1.84 bits per heavy atom. The third-order valence-electron chi connectivity index (χ3n) is 8.26. The van der Waals surface area contributed by atoms with E-state index >= 15 is 0 Å². The number of methoxy groups -OCH3 is 1. The maximum atomic E-state index is 10.2. The number of nitrogens with zero attached hydrogens (tertiary/aromatic N) is 4. The van der Waals surface area contributed by atoms with Gasteiger partial charge in [0.1, 0.15) is 11.5 Å². The molecule has 8 nitrogen and oxygen atoms in total. The zero-order valence-electron chi connectivity index (χ0n) is 22.6. The van der Waals surface area contributed by atoms with Crippen LogP contribution in [0.3, 0.4) is 0 Å². The fraction of sp³-hybridized carbons (Fsp3) is 0.467. The zero-order chi connectivity index (χ0) is 26.9. The minimum Gasteiger partial charge on any atom is -0.508 e. The molecule has 1 aliphatic heterocycles. The smallest absolute Gasteiger partial charge is 0.292 e. The quantitative estimate of drug-likeness (QED) is 0.388. The van der Waals surface area contributed by atoms with Crippen molar-refractivity contribution in [2.45, 2.75) is 58.3 Å². The van der Waals surface area contributed by atoms with Crippen LogP contribution < -0.4 is 4.90 Å². The number of anilines is 1. The summed E-state index contributed by atoms with van der Waals surface area (Å²) in [6.07, 6.45) is 8.06. The standard InChI is InChI=1S/C28H32N4O2.C2H4O2/c1-17(2)18(3)27-12-24(31-34-27)20-13-28(14-20)15-32(16-28)21-8-9-23-19(10-21)11-25(30-29-23)22-6-4-5-7-26(22)33;1-4-2-3/h6-12,17-18,20,33H,4-5,13-16H2,1-3H3;2H,1H3. The molecule has 3 heterocycles. The van der Waals surface area contributed by atoms with Gasteiger partial charge >= 0.3 is 0 Å². The largest absolute Gasteiger partial charge is 0.508 e. The maximum Gasteiger partial charge on any atom is 0.292 e. The van der Waals surface area contributed by atoms with Crippen molar-refractivity contribution in [1.82, 2.24) is 15.4 Å². The Morgan fingerprint density at radius 1 is 1.11 bits per heavy atom. The number of rotatable bonds is 6. The molecule has 1 saturated carbocycles. The van der Waals surface area contributed by atoms with Gasteiger partial charge in [0.25, 0.3) is 6.47 Å². The van der Waals surface area contributed by atoms with Crippen molar-refractivity contribution < 1.29 is 19.2 Å². The van der Waals surface area contributed by atoms with E-state index in [1.54, 1.807) is 0 Å². The molecular formula is C30H36N4O4. The molecular weight excluding hydrogens is 480 g/mol. The lowest BCUT2D eigenvalue weighted by Crippen LogP contribution is -2.61. The molecule has 200 valence electrons. The molecule has 38 heavy (non-hydrogen) atoms. The van der Waals surface area contributed by atoms with Crippen LogP contribution in [0.15, 0.2) is 52.8 Å². The van der Waals surface area contributed by atoms with E-state index in [2.05, 4.69) is 64.0 Å². The highest BCUT2D eigenvalue weighted by molar-refractivity contribution is 5.86. The number of fused-ring (bicyclic) bond motifs is 1. The number of aliphatic hydroxyl groups is 1. The van der Waals surface area contributed by atoms with Crippen LogP contribution in [0.5, 0.6) is 0 Å². The van der Waals surface area contributed by atoms with Gasteiger partial charge in [-0.2, -0.15) is 0 Å². The maximum absolute atomic E-state index is 10.2. The highest BCUT2D eigenvalue weighted by atomic mass is 16.5. The molecule has 3 aliphatic rings. The van der Waals surface area contributed by atoms with Crippen LogP contribution in [0.1, 0.15) is 75.4 Å². The Balaban J connectivity index is 0.000000689. The minimum absolute atomic E-state index is 0.304. The Bertz CT molecular complexity index is 1360. The molecule has 1 N–H and O–H groups in total. The first-order valence-corrected chi connectivity index (χ1v) is 13.4. The number of allylic oxidation sites excluding steroid dienone is 3. The molecule has 1 saturated heterocycles. The molecule has 1 atom stereocenters. The summed E-state index contributed by atoms with van der Waals surface area (Å²) in [4.78, 5) is 11.4. The van der Waals surface area contributed by atoms with E-state index < -0.39 is 0 Å². The molecule has 1 aromatic carbocycles. The SMILES string of the molecule is CC(C)C(C)c1cc(C2CC3(C2)CN(c2ccc4nnc(C5=CCCC=C5O)cc4c2)C3)no1.COC=O. The van der Waals surface area contributed by atoms with Crippen LogP contribution in [0.4, 0.5) is 5.69 Å². The summed E-state index contributed by atoms with van der Waals surface area (Å²) in [6, 6.07) is 10.6. The van der Waals surface area contributed by atoms with Crippen molar-refractivity contribution in [2.24, 2.45) is 11.3 Å². The van der Waals surface area contributed by atoms with E-state index in [-0.39, 0.29) is 0 Å². The first kappa shape index (κ1) is 25.9. The highest BCUT2D eigenvalue weighted by Crippen LogP contribution is 2.56. The number of hydrogen-bond acceptors (Lipinski definition) is 8. The molecule has 2 fully saturated rings. The second-order valence-corrected chi connectivity index (χ2v) is 11.2. The van der Waals surface area contributed by atoms with Gasteiger partial charge in [-0.25, -0.2) is 0 Å². The molecule has 0 amide bonds. The van der Waals surface area contributed by atoms with Gasteiger partial charge in [-0.05, 0) is 61.9 Å². The third kappa shape index (κ3) is 5.04. The lowest BCUT2D eigenvalue weighted by atomic mass is 9.57. The van der Waals surface area contributed by atoms with Crippen molar-refractivity contribution in [3.8, 4) is 0 Å². The van der Waals surface area contributed by atoms with Crippen molar-refractivity contribution in [1.29, 1.82) is 0 Å². The van der Waals surface area contributed by atoms with Gasteiger partial charge in [0.15, 0.2) is 0 Å². The van der Waals surface area contributed by atoms with Gasteiger partial charge in [0.2, 0.25) is 0 Å². The molecule has 0 bridgehead atoms. The summed E-state index contributed by atoms with van der Waals surface area (Å²) in [7, 11) is 1.31. The lowest BCUT2D eigenvalue weighted by molar-refractivity contribution is -0.126. The Kier molecular flexibility index (Phi) is 7.23. The minimum atomic E-state index is 0.304. The van der Waals surface area contributed by atoms with Crippen molar-refractivity contribution in [2.75, 3.05) is 25.1 Å². The molecule has 2 aliphatic carbocycles. The lowest BCUT2D eigenvalue weighted by Gasteiger charge is -2.59. The first-order chi connectivity index (χ1) is 18.3. The van der Waals surface area contributed by atoms with Crippen molar-refractivity contribution in [3.05, 3.63) is 65.4 Å². The monoisotopic (exact) mass is 516 g/mol. The Labute approximate surface area is 223 Å². The van der Waals surface area contributed by atoms with Gasteiger partial charge in [0, 0.05) is 53.1 Å².